The van der Waals surface area contributed by atoms with E-state index >= 15 is 0 Å². The van der Waals surface area contributed by atoms with E-state index in [1.807, 2.05) is 42.5 Å². The van der Waals surface area contributed by atoms with E-state index in [9.17, 15) is 4.79 Å². The Morgan fingerprint density at radius 2 is 1.79 bits per heavy atom. The summed E-state index contributed by atoms with van der Waals surface area (Å²) in [4.78, 5) is 21.5. The number of benzene rings is 2. The zero-order valence-electron chi connectivity index (χ0n) is 16.4. The third-order valence-corrected chi connectivity index (χ3v) is 5.00. The lowest BCUT2D eigenvalue weighted by atomic mass is 10.1. The molecule has 6 heteroatoms. The number of aromatic nitrogens is 3. The third-order valence-electron chi connectivity index (χ3n) is 4.74. The molecule has 0 atom stereocenters. The Kier molecular flexibility index (Phi) is 5.49. The molecule has 0 bridgehead atoms. The molecule has 4 aromatic rings. The fourth-order valence-electron chi connectivity index (χ4n) is 3.49. The van der Waals surface area contributed by atoms with Crippen molar-refractivity contribution in [2.24, 2.45) is 5.92 Å². The van der Waals surface area contributed by atoms with Crippen LogP contribution in [0, 0.1) is 5.92 Å². The molecule has 148 valence electrons. The SMILES string of the molecule is CC(C)Cn1c(CCOC(=O)c2ccccc2)nc2c(Cl)nc3ccccc3c21. The predicted molar refractivity (Wildman–Crippen MR) is 115 cm³/mol. The monoisotopic (exact) mass is 407 g/mol. The van der Waals surface area contributed by atoms with Gasteiger partial charge in [-0.1, -0.05) is 61.8 Å². The zero-order valence-corrected chi connectivity index (χ0v) is 17.2. The van der Waals surface area contributed by atoms with Crippen molar-refractivity contribution in [2.45, 2.75) is 26.8 Å². The second-order valence-corrected chi connectivity index (χ2v) is 7.76. The first kappa shape index (κ1) is 19.4. The summed E-state index contributed by atoms with van der Waals surface area (Å²) in [5.41, 5.74) is 3.06. The summed E-state index contributed by atoms with van der Waals surface area (Å²) in [7, 11) is 0. The number of fused-ring (bicyclic) bond motifs is 3. The summed E-state index contributed by atoms with van der Waals surface area (Å²) < 4.78 is 7.65. The number of carbonyl (C=O) groups excluding carboxylic acids is 1. The number of esters is 1. The lowest BCUT2D eigenvalue weighted by Gasteiger charge is -2.13. The lowest BCUT2D eigenvalue weighted by Crippen LogP contribution is -2.13. The van der Waals surface area contributed by atoms with Gasteiger partial charge in [-0.05, 0) is 24.1 Å². The Labute approximate surface area is 174 Å². The van der Waals surface area contributed by atoms with Crippen LogP contribution in [-0.2, 0) is 17.7 Å². The minimum atomic E-state index is -0.331. The number of imidazole rings is 1. The van der Waals surface area contributed by atoms with Crippen LogP contribution in [0.3, 0.4) is 0 Å². The van der Waals surface area contributed by atoms with E-state index < -0.39 is 0 Å². The molecule has 0 radical (unpaired) electrons. The third kappa shape index (κ3) is 3.96. The summed E-state index contributed by atoms with van der Waals surface area (Å²) in [5.74, 6) is 0.931. The van der Waals surface area contributed by atoms with Crippen LogP contribution < -0.4 is 0 Å². The van der Waals surface area contributed by atoms with Gasteiger partial charge in [0.05, 0.1) is 23.2 Å². The fourth-order valence-corrected chi connectivity index (χ4v) is 3.71. The second-order valence-electron chi connectivity index (χ2n) is 7.40. The number of hydrogen-bond donors (Lipinski definition) is 0. The van der Waals surface area contributed by atoms with Crippen molar-refractivity contribution in [1.82, 2.24) is 14.5 Å². The minimum Gasteiger partial charge on any atom is -0.462 e. The maximum atomic E-state index is 12.2. The largest absolute Gasteiger partial charge is 0.462 e. The molecule has 0 aliphatic carbocycles. The minimum absolute atomic E-state index is 0.248. The number of para-hydroxylation sites is 1. The highest BCUT2D eigenvalue weighted by Gasteiger charge is 2.18. The van der Waals surface area contributed by atoms with Crippen molar-refractivity contribution in [3.05, 3.63) is 71.1 Å². The quantitative estimate of drug-likeness (QED) is 0.321. The van der Waals surface area contributed by atoms with Crippen LogP contribution >= 0.6 is 11.6 Å². The number of ether oxygens (including phenoxy) is 1. The highest BCUT2D eigenvalue weighted by Crippen LogP contribution is 2.30. The van der Waals surface area contributed by atoms with Crippen molar-refractivity contribution in [2.75, 3.05) is 6.61 Å². The molecule has 0 fully saturated rings. The predicted octanol–water partition coefficient (Wildman–Crippen LogP) is 5.29. The Morgan fingerprint density at radius 3 is 2.55 bits per heavy atom. The van der Waals surface area contributed by atoms with Crippen LogP contribution in [-0.4, -0.2) is 27.1 Å². The van der Waals surface area contributed by atoms with Gasteiger partial charge in [0.25, 0.3) is 0 Å². The maximum absolute atomic E-state index is 12.2. The van der Waals surface area contributed by atoms with Gasteiger partial charge in [-0.25, -0.2) is 14.8 Å². The summed E-state index contributed by atoms with van der Waals surface area (Å²) in [6.07, 6.45) is 0.505. The second kappa shape index (κ2) is 8.21. The topological polar surface area (TPSA) is 57.0 Å². The maximum Gasteiger partial charge on any atom is 0.338 e. The van der Waals surface area contributed by atoms with Gasteiger partial charge in [0.1, 0.15) is 11.3 Å². The molecule has 0 aliphatic heterocycles. The molecule has 0 unspecified atom stereocenters. The molecule has 5 nitrogen and oxygen atoms in total. The number of rotatable bonds is 6. The van der Waals surface area contributed by atoms with E-state index in [-0.39, 0.29) is 12.6 Å². The summed E-state index contributed by atoms with van der Waals surface area (Å²) in [5, 5.41) is 1.41. The Bertz CT molecular complexity index is 1170. The number of halogens is 1. The van der Waals surface area contributed by atoms with Crippen LogP contribution in [0.4, 0.5) is 0 Å². The van der Waals surface area contributed by atoms with E-state index in [1.165, 1.54) is 0 Å². The van der Waals surface area contributed by atoms with Crippen LogP contribution in [0.2, 0.25) is 5.15 Å². The highest BCUT2D eigenvalue weighted by molar-refractivity contribution is 6.35. The van der Waals surface area contributed by atoms with Gasteiger partial charge in [0.2, 0.25) is 0 Å². The van der Waals surface area contributed by atoms with Crippen molar-refractivity contribution < 1.29 is 9.53 Å². The molecule has 2 aromatic carbocycles. The molecule has 0 spiro atoms. The molecule has 0 saturated carbocycles. The Hall–Kier alpha value is -2.92. The first-order chi connectivity index (χ1) is 14.0. The Balaban J connectivity index is 1.67. The van der Waals surface area contributed by atoms with Crippen LogP contribution in [0.5, 0.6) is 0 Å². The lowest BCUT2D eigenvalue weighted by molar-refractivity contribution is 0.0506. The van der Waals surface area contributed by atoms with Gasteiger partial charge in [-0.3, -0.25) is 0 Å². The van der Waals surface area contributed by atoms with Crippen molar-refractivity contribution in [3.63, 3.8) is 0 Å². The fraction of sp³-hybridized carbons (Fsp3) is 0.261. The molecule has 29 heavy (non-hydrogen) atoms. The molecule has 2 aromatic heterocycles. The van der Waals surface area contributed by atoms with Crippen LogP contribution in [0.25, 0.3) is 21.9 Å². The van der Waals surface area contributed by atoms with E-state index in [4.69, 9.17) is 21.3 Å². The normalized spacial score (nSPS) is 11.4. The molecule has 0 aliphatic rings. The van der Waals surface area contributed by atoms with E-state index in [0.717, 1.165) is 28.8 Å². The Morgan fingerprint density at radius 1 is 1.07 bits per heavy atom. The van der Waals surface area contributed by atoms with Crippen molar-refractivity contribution in [3.8, 4) is 0 Å². The number of pyridine rings is 1. The van der Waals surface area contributed by atoms with Gasteiger partial charge < -0.3 is 9.30 Å². The standard InChI is InChI=1S/C23H22ClN3O2/c1-15(2)14-27-19(12-13-29-23(28)16-8-4-3-5-9-16)26-20-21(27)17-10-6-7-11-18(17)25-22(20)24/h3-11,15H,12-14H2,1-2H3. The van der Waals surface area contributed by atoms with Crippen molar-refractivity contribution in [1.29, 1.82) is 0 Å². The van der Waals surface area contributed by atoms with Gasteiger partial charge in [0.15, 0.2) is 5.15 Å². The van der Waals surface area contributed by atoms with Crippen LogP contribution in [0.15, 0.2) is 54.6 Å². The van der Waals surface area contributed by atoms with E-state index in [0.29, 0.717) is 28.6 Å². The van der Waals surface area contributed by atoms with Gasteiger partial charge in [-0.15, -0.1) is 0 Å². The molecule has 0 N–H and O–H groups in total. The van der Waals surface area contributed by atoms with Crippen molar-refractivity contribution >= 4 is 39.5 Å². The molecule has 4 rings (SSSR count). The molecular weight excluding hydrogens is 386 g/mol. The molecule has 2 heterocycles. The summed E-state index contributed by atoms with van der Waals surface area (Å²) >= 11 is 6.45. The number of nitrogens with zero attached hydrogens (tertiary/aromatic N) is 3. The van der Waals surface area contributed by atoms with E-state index in [1.54, 1.807) is 12.1 Å². The van der Waals surface area contributed by atoms with Gasteiger partial charge >= 0.3 is 5.97 Å². The average Bonchev–Trinajstić information content (AvgIpc) is 3.07. The first-order valence-corrected chi connectivity index (χ1v) is 10.1. The number of hydrogen-bond acceptors (Lipinski definition) is 4. The van der Waals surface area contributed by atoms with Gasteiger partial charge in [0, 0.05) is 18.4 Å². The summed E-state index contributed by atoms with van der Waals surface area (Å²) in [6, 6.07) is 16.9. The van der Waals surface area contributed by atoms with E-state index in [2.05, 4.69) is 23.4 Å². The van der Waals surface area contributed by atoms with Crippen LogP contribution in [0.1, 0.15) is 30.0 Å². The molecule has 0 saturated heterocycles. The number of carbonyl (C=O) groups is 1. The average molecular weight is 408 g/mol. The molecule has 0 amide bonds. The van der Waals surface area contributed by atoms with Gasteiger partial charge in [-0.2, -0.15) is 0 Å². The highest BCUT2D eigenvalue weighted by atomic mass is 35.5. The zero-order chi connectivity index (χ0) is 20.4. The first-order valence-electron chi connectivity index (χ1n) is 9.70. The molecular formula is C23H22ClN3O2. The smallest absolute Gasteiger partial charge is 0.338 e. The summed E-state index contributed by atoms with van der Waals surface area (Å²) in [6.45, 7) is 5.37.